The lowest BCUT2D eigenvalue weighted by Gasteiger charge is -2.19. The molecule has 0 aliphatic carbocycles. The maximum absolute atomic E-state index is 11.1. The molecule has 0 radical (unpaired) electrons. The van der Waals surface area contributed by atoms with E-state index in [0.29, 0.717) is 19.5 Å². The smallest absolute Gasteiger partial charge is 0.309 e. The van der Waals surface area contributed by atoms with Crippen molar-refractivity contribution in [1.82, 2.24) is 10.3 Å². The minimum absolute atomic E-state index is 0.588. The Labute approximate surface area is 143 Å². The molecular weight excluding hydrogens is 302 g/mol. The van der Waals surface area contributed by atoms with Crippen LogP contribution in [0.4, 0.5) is 11.5 Å². The number of para-hydroxylation sites is 1. The van der Waals surface area contributed by atoms with Crippen LogP contribution >= 0.6 is 0 Å². The van der Waals surface area contributed by atoms with Gasteiger partial charge in [-0.25, -0.2) is 4.98 Å². The number of anilines is 2. The van der Waals surface area contributed by atoms with Gasteiger partial charge in [-0.15, -0.1) is 0 Å². The Morgan fingerprint density at radius 3 is 2.50 bits per heavy atom. The fourth-order valence-corrected chi connectivity index (χ4v) is 2.24. The summed E-state index contributed by atoms with van der Waals surface area (Å²) in [7, 11) is 1.99. The van der Waals surface area contributed by atoms with E-state index in [1.54, 1.807) is 13.8 Å². The molecule has 0 aliphatic rings. The third kappa shape index (κ3) is 4.80. The quantitative estimate of drug-likeness (QED) is 0.727. The van der Waals surface area contributed by atoms with Crippen molar-refractivity contribution in [1.29, 1.82) is 0 Å². The van der Waals surface area contributed by atoms with E-state index in [0.717, 1.165) is 17.1 Å². The number of carboxylic acid groups (broad SMARTS) is 1. The molecule has 2 aromatic rings. The summed E-state index contributed by atoms with van der Waals surface area (Å²) in [5.41, 5.74) is 1.47. The highest BCUT2D eigenvalue weighted by Gasteiger charge is 2.25. The van der Waals surface area contributed by atoms with Crippen molar-refractivity contribution in [2.24, 2.45) is 5.41 Å². The number of benzene rings is 1. The van der Waals surface area contributed by atoms with Crippen LogP contribution in [-0.2, 0) is 11.3 Å². The second kappa shape index (κ2) is 7.93. The van der Waals surface area contributed by atoms with Crippen molar-refractivity contribution in [2.45, 2.75) is 26.8 Å². The summed E-state index contributed by atoms with van der Waals surface area (Å²) >= 11 is 0. The molecule has 1 heterocycles. The molecule has 1 aromatic heterocycles. The van der Waals surface area contributed by atoms with E-state index in [2.05, 4.69) is 10.3 Å². The Morgan fingerprint density at radius 1 is 1.21 bits per heavy atom. The van der Waals surface area contributed by atoms with Crippen LogP contribution in [0.25, 0.3) is 0 Å². The number of nitrogens with zero attached hydrogens (tertiary/aromatic N) is 2. The molecule has 0 atom stereocenters. The topological polar surface area (TPSA) is 65.5 Å². The molecular formula is C19H25N3O2. The SMILES string of the molecule is CN(c1ccccc1)c1ccc(CNCCC(C)(C)C(=O)O)cn1. The fraction of sp³-hybridized carbons (Fsp3) is 0.368. The third-order valence-electron chi connectivity index (χ3n) is 4.13. The first-order valence-electron chi connectivity index (χ1n) is 8.08. The van der Waals surface area contributed by atoms with Crippen molar-refractivity contribution < 1.29 is 9.90 Å². The molecule has 1 aromatic carbocycles. The van der Waals surface area contributed by atoms with Gasteiger partial charge in [-0.1, -0.05) is 24.3 Å². The molecule has 0 saturated carbocycles. The van der Waals surface area contributed by atoms with Crippen LogP contribution in [0.3, 0.4) is 0 Å². The zero-order chi connectivity index (χ0) is 17.6. The molecule has 5 heteroatoms. The largest absolute Gasteiger partial charge is 0.481 e. The number of carboxylic acids is 1. The first-order valence-corrected chi connectivity index (χ1v) is 8.08. The molecule has 5 nitrogen and oxygen atoms in total. The van der Waals surface area contributed by atoms with Crippen molar-refractivity contribution in [2.75, 3.05) is 18.5 Å². The third-order valence-corrected chi connectivity index (χ3v) is 4.13. The number of hydrogen-bond donors (Lipinski definition) is 2. The Balaban J connectivity index is 1.85. The van der Waals surface area contributed by atoms with Gasteiger partial charge in [0.15, 0.2) is 0 Å². The number of aliphatic carboxylic acids is 1. The van der Waals surface area contributed by atoms with Crippen LogP contribution in [0.2, 0.25) is 0 Å². The Hall–Kier alpha value is -2.40. The zero-order valence-corrected chi connectivity index (χ0v) is 14.5. The summed E-state index contributed by atoms with van der Waals surface area (Å²) in [5.74, 6) is 0.122. The molecule has 0 fully saturated rings. The van der Waals surface area contributed by atoms with Gasteiger partial charge in [-0.3, -0.25) is 4.79 Å². The number of carbonyl (C=O) groups is 1. The molecule has 128 valence electrons. The van der Waals surface area contributed by atoms with Gasteiger partial charge in [0, 0.05) is 25.5 Å². The highest BCUT2D eigenvalue weighted by molar-refractivity contribution is 5.73. The van der Waals surface area contributed by atoms with Crippen LogP contribution in [0, 0.1) is 5.41 Å². The van der Waals surface area contributed by atoms with Crippen molar-refractivity contribution in [3.8, 4) is 0 Å². The fourth-order valence-electron chi connectivity index (χ4n) is 2.24. The summed E-state index contributed by atoms with van der Waals surface area (Å²) < 4.78 is 0. The van der Waals surface area contributed by atoms with Crippen LogP contribution < -0.4 is 10.2 Å². The van der Waals surface area contributed by atoms with Gasteiger partial charge in [0.1, 0.15) is 5.82 Å². The van der Waals surface area contributed by atoms with E-state index in [9.17, 15) is 4.79 Å². The summed E-state index contributed by atoms with van der Waals surface area (Å²) in [6, 6.07) is 14.1. The second-order valence-electron chi connectivity index (χ2n) is 6.54. The predicted octanol–water partition coefficient (Wildman–Crippen LogP) is 3.44. The number of rotatable bonds is 8. The average molecular weight is 327 g/mol. The first kappa shape index (κ1) is 17.9. The minimum atomic E-state index is -0.765. The van der Waals surface area contributed by atoms with Crippen molar-refractivity contribution in [3.63, 3.8) is 0 Å². The van der Waals surface area contributed by atoms with E-state index in [1.807, 2.05) is 60.6 Å². The molecule has 0 aliphatic heterocycles. The molecule has 0 spiro atoms. The Bertz CT molecular complexity index is 654. The lowest BCUT2D eigenvalue weighted by Crippen LogP contribution is -2.28. The van der Waals surface area contributed by atoms with Crippen LogP contribution in [-0.4, -0.2) is 29.7 Å². The summed E-state index contributed by atoms with van der Waals surface area (Å²) in [5, 5.41) is 12.4. The second-order valence-corrected chi connectivity index (χ2v) is 6.54. The molecule has 0 saturated heterocycles. The number of aromatic nitrogens is 1. The minimum Gasteiger partial charge on any atom is -0.481 e. The first-order chi connectivity index (χ1) is 11.4. The highest BCUT2D eigenvalue weighted by Crippen LogP contribution is 2.21. The summed E-state index contributed by atoms with van der Waals surface area (Å²) in [6.07, 6.45) is 2.44. The van der Waals surface area contributed by atoms with Gasteiger partial charge in [0.25, 0.3) is 0 Å². The van der Waals surface area contributed by atoms with Crippen molar-refractivity contribution >= 4 is 17.5 Å². The van der Waals surface area contributed by atoms with Gasteiger partial charge in [0.2, 0.25) is 0 Å². The van der Waals surface area contributed by atoms with Gasteiger partial charge in [0.05, 0.1) is 5.41 Å². The zero-order valence-electron chi connectivity index (χ0n) is 14.5. The lowest BCUT2D eigenvalue weighted by atomic mass is 9.90. The van der Waals surface area contributed by atoms with E-state index in [4.69, 9.17) is 5.11 Å². The number of pyridine rings is 1. The molecule has 2 N–H and O–H groups in total. The van der Waals surface area contributed by atoms with E-state index in [-0.39, 0.29) is 0 Å². The normalized spacial score (nSPS) is 11.3. The molecule has 0 unspecified atom stereocenters. The van der Waals surface area contributed by atoms with E-state index < -0.39 is 11.4 Å². The maximum atomic E-state index is 11.1. The summed E-state index contributed by atoms with van der Waals surface area (Å²) in [4.78, 5) is 17.6. The Kier molecular flexibility index (Phi) is 5.93. The van der Waals surface area contributed by atoms with Gasteiger partial charge in [-0.05, 0) is 50.6 Å². The molecule has 0 amide bonds. The Morgan fingerprint density at radius 2 is 1.92 bits per heavy atom. The maximum Gasteiger partial charge on any atom is 0.309 e. The van der Waals surface area contributed by atoms with Gasteiger partial charge in [-0.2, -0.15) is 0 Å². The average Bonchev–Trinajstić information content (AvgIpc) is 2.59. The predicted molar refractivity (Wildman–Crippen MR) is 96.5 cm³/mol. The van der Waals surface area contributed by atoms with Gasteiger partial charge >= 0.3 is 5.97 Å². The molecule has 0 bridgehead atoms. The monoisotopic (exact) mass is 327 g/mol. The van der Waals surface area contributed by atoms with Crippen molar-refractivity contribution in [3.05, 3.63) is 54.2 Å². The number of nitrogens with one attached hydrogen (secondary N) is 1. The van der Waals surface area contributed by atoms with E-state index >= 15 is 0 Å². The highest BCUT2D eigenvalue weighted by atomic mass is 16.4. The lowest BCUT2D eigenvalue weighted by molar-refractivity contribution is -0.147. The molecule has 24 heavy (non-hydrogen) atoms. The van der Waals surface area contributed by atoms with Crippen LogP contribution in [0.1, 0.15) is 25.8 Å². The van der Waals surface area contributed by atoms with Crippen LogP contribution in [0.15, 0.2) is 48.7 Å². The van der Waals surface area contributed by atoms with E-state index in [1.165, 1.54) is 0 Å². The molecule has 2 rings (SSSR count). The number of hydrogen-bond acceptors (Lipinski definition) is 4. The van der Waals surface area contributed by atoms with Gasteiger partial charge < -0.3 is 15.3 Å². The standard InChI is InChI=1S/C19H25N3O2/c1-19(2,18(23)24)11-12-20-13-15-9-10-17(21-14-15)22(3)16-7-5-4-6-8-16/h4-10,14,20H,11-13H2,1-3H3,(H,23,24). The van der Waals surface area contributed by atoms with Crippen LogP contribution in [0.5, 0.6) is 0 Å². The summed E-state index contributed by atoms with van der Waals surface area (Å²) in [6.45, 7) is 4.82.